The Morgan fingerprint density at radius 2 is 2.05 bits per heavy atom. The standard InChI is InChI=1S/C16H25NO4/c1-16(12-18,13-20-2)11-17-15(19)10-21-9-8-14-6-4-3-5-7-14/h3-7,18H,8-13H2,1-2H3,(H,17,19). The fourth-order valence-electron chi connectivity index (χ4n) is 1.86. The van der Waals surface area contributed by atoms with E-state index in [1.54, 1.807) is 7.11 Å². The van der Waals surface area contributed by atoms with Gasteiger partial charge in [0, 0.05) is 19.1 Å². The molecule has 0 saturated carbocycles. The average Bonchev–Trinajstić information content (AvgIpc) is 2.51. The van der Waals surface area contributed by atoms with Gasteiger partial charge in [0.1, 0.15) is 6.61 Å². The van der Waals surface area contributed by atoms with Crippen LogP contribution >= 0.6 is 0 Å². The number of ether oxygens (including phenoxy) is 2. The summed E-state index contributed by atoms with van der Waals surface area (Å²) in [5, 5.41) is 12.1. The van der Waals surface area contributed by atoms with Gasteiger partial charge in [-0.1, -0.05) is 37.3 Å². The van der Waals surface area contributed by atoms with E-state index in [9.17, 15) is 9.90 Å². The maximum absolute atomic E-state index is 11.7. The summed E-state index contributed by atoms with van der Waals surface area (Å²) >= 11 is 0. The van der Waals surface area contributed by atoms with Crippen LogP contribution in [0.5, 0.6) is 0 Å². The molecular weight excluding hydrogens is 270 g/mol. The highest BCUT2D eigenvalue weighted by molar-refractivity contribution is 5.77. The van der Waals surface area contributed by atoms with Crippen molar-refractivity contribution in [3.05, 3.63) is 35.9 Å². The largest absolute Gasteiger partial charge is 0.396 e. The number of aliphatic hydroxyl groups is 1. The third-order valence-electron chi connectivity index (χ3n) is 3.20. The topological polar surface area (TPSA) is 67.8 Å². The summed E-state index contributed by atoms with van der Waals surface area (Å²) in [7, 11) is 1.57. The number of carbonyl (C=O) groups excluding carboxylic acids is 1. The summed E-state index contributed by atoms with van der Waals surface area (Å²) in [6, 6.07) is 9.98. The van der Waals surface area contributed by atoms with Crippen molar-refractivity contribution in [2.24, 2.45) is 5.41 Å². The number of hydrogen-bond donors (Lipinski definition) is 2. The van der Waals surface area contributed by atoms with Gasteiger partial charge in [0.25, 0.3) is 0 Å². The molecule has 2 N–H and O–H groups in total. The number of hydrogen-bond acceptors (Lipinski definition) is 4. The second kappa shape index (κ2) is 9.50. The fourth-order valence-corrected chi connectivity index (χ4v) is 1.86. The average molecular weight is 295 g/mol. The minimum absolute atomic E-state index is 0.0291. The van der Waals surface area contributed by atoms with Gasteiger partial charge in [0.15, 0.2) is 0 Å². The van der Waals surface area contributed by atoms with Crippen LogP contribution < -0.4 is 5.32 Å². The summed E-state index contributed by atoms with van der Waals surface area (Å²) in [6.07, 6.45) is 0.784. The zero-order valence-electron chi connectivity index (χ0n) is 12.8. The van der Waals surface area contributed by atoms with E-state index in [0.717, 1.165) is 6.42 Å². The molecule has 21 heavy (non-hydrogen) atoms. The van der Waals surface area contributed by atoms with Gasteiger partial charge in [-0.3, -0.25) is 4.79 Å². The van der Waals surface area contributed by atoms with Gasteiger partial charge in [0.2, 0.25) is 5.91 Å². The van der Waals surface area contributed by atoms with Gasteiger partial charge in [-0.25, -0.2) is 0 Å². The zero-order valence-corrected chi connectivity index (χ0v) is 12.8. The molecule has 0 aliphatic carbocycles. The predicted octanol–water partition coefficient (Wildman–Crippen LogP) is 1.01. The lowest BCUT2D eigenvalue weighted by atomic mass is 9.93. The lowest BCUT2D eigenvalue weighted by molar-refractivity contribution is -0.126. The first-order valence-electron chi connectivity index (χ1n) is 7.08. The third kappa shape index (κ3) is 7.22. The normalized spacial score (nSPS) is 13.7. The number of methoxy groups -OCH3 is 1. The Morgan fingerprint density at radius 3 is 2.67 bits per heavy atom. The van der Waals surface area contributed by atoms with Crippen LogP contribution in [0.15, 0.2) is 30.3 Å². The molecule has 0 aliphatic rings. The van der Waals surface area contributed by atoms with E-state index in [2.05, 4.69) is 5.32 Å². The van der Waals surface area contributed by atoms with Gasteiger partial charge in [-0.2, -0.15) is 0 Å². The molecule has 0 bridgehead atoms. The van der Waals surface area contributed by atoms with Crippen molar-refractivity contribution in [1.82, 2.24) is 5.32 Å². The smallest absolute Gasteiger partial charge is 0.246 e. The van der Waals surface area contributed by atoms with Crippen LogP contribution in [-0.2, 0) is 20.7 Å². The van der Waals surface area contributed by atoms with Gasteiger partial charge >= 0.3 is 0 Å². The van der Waals surface area contributed by atoms with Crippen LogP contribution in [0.1, 0.15) is 12.5 Å². The maximum atomic E-state index is 11.7. The molecule has 0 aliphatic heterocycles. The zero-order chi connectivity index (χ0) is 15.6. The molecule has 1 unspecified atom stereocenters. The van der Waals surface area contributed by atoms with Crippen molar-refractivity contribution >= 4 is 5.91 Å². The number of aliphatic hydroxyl groups excluding tert-OH is 1. The lowest BCUT2D eigenvalue weighted by Crippen LogP contribution is -2.42. The molecule has 0 radical (unpaired) electrons. The molecule has 1 rings (SSSR count). The fraction of sp³-hybridized carbons (Fsp3) is 0.562. The van der Waals surface area contributed by atoms with Crippen LogP contribution in [0.2, 0.25) is 0 Å². The molecule has 1 amide bonds. The second-order valence-electron chi connectivity index (χ2n) is 5.47. The van der Waals surface area contributed by atoms with E-state index in [-0.39, 0.29) is 19.1 Å². The number of rotatable bonds is 10. The monoisotopic (exact) mass is 295 g/mol. The van der Waals surface area contributed by atoms with Gasteiger partial charge < -0.3 is 19.9 Å². The number of nitrogens with one attached hydrogen (secondary N) is 1. The molecule has 0 saturated heterocycles. The highest BCUT2D eigenvalue weighted by atomic mass is 16.5. The Balaban J connectivity index is 2.16. The Morgan fingerprint density at radius 1 is 1.33 bits per heavy atom. The van der Waals surface area contributed by atoms with Crippen molar-refractivity contribution in [2.75, 3.05) is 40.1 Å². The van der Waals surface area contributed by atoms with Crippen molar-refractivity contribution in [2.45, 2.75) is 13.3 Å². The number of carbonyl (C=O) groups is 1. The molecule has 5 heteroatoms. The molecule has 0 spiro atoms. The van der Waals surface area contributed by atoms with Crippen LogP contribution in [0, 0.1) is 5.41 Å². The molecule has 0 fully saturated rings. The third-order valence-corrected chi connectivity index (χ3v) is 3.20. The van der Waals surface area contributed by atoms with Gasteiger partial charge in [-0.05, 0) is 12.0 Å². The predicted molar refractivity (Wildman–Crippen MR) is 81.0 cm³/mol. The number of benzene rings is 1. The first-order valence-corrected chi connectivity index (χ1v) is 7.08. The summed E-state index contributed by atoms with van der Waals surface area (Å²) in [5.74, 6) is -0.182. The van der Waals surface area contributed by atoms with Crippen molar-refractivity contribution in [3.8, 4) is 0 Å². The molecule has 1 aromatic carbocycles. The van der Waals surface area contributed by atoms with E-state index in [1.165, 1.54) is 5.56 Å². The first-order chi connectivity index (χ1) is 10.1. The van der Waals surface area contributed by atoms with E-state index in [4.69, 9.17) is 9.47 Å². The van der Waals surface area contributed by atoms with Crippen molar-refractivity contribution in [3.63, 3.8) is 0 Å². The minimum atomic E-state index is -0.464. The molecule has 0 aromatic heterocycles. The molecule has 1 atom stereocenters. The van der Waals surface area contributed by atoms with E-state index in [1.807, 2.05) is 37.3 Å². The lowest BCUT2D eigenvalue weighted by Gasteiger charge is -2.26. The SMILES string of the molecule is COCC(C)(CO)CNC(=O)COCCc1ccccc1. The van der Waals surface area contributed by atoms with Gasteiger partial charge in [0.05, 0.1) is 19.8 Å². The van der Waals surface area contributed by atoms with Gasteiger partial charge in [-0.15, -0.1) is 0 Å². The molecular formula is C16H25NO4. The highest BCUT2D eigenvalue weighted by Gasteiger charge is 2.24. The van der Waals surface area contributed by atoms with Crippen molar-refractivity contribution in [1.29, 1.82) is 0 Å². The van der Waals surface area contributed by atoms with Crippen molar-refractivity contribution < 1.29 is 19.4 Å². The summed E-state index contributed by atoms with van der Waals surface area (Å²) in [5.41, 5.74) is 0.722. The summed E-state index contributed by atoms with van der Waals surface area (Å²) in [4.78, 5) is 11.7. The summed E-state index contributed by atoms with van der Waals surface area (Å²) in [6.45, 7) is 3.09. The van der Waals surface area contributed by atoms with Crippen LogP contribution in [0.3, 0.4) is 0 Å². The highest BCUT2D eigenvalue weighted by Crippen LogP contribution is 2.13. The van der Waals surface area contributed by atoms with Crippen LogP contribution in [0.4, 0.5) is 0 Å². The second-order valence-corrected chi connectivity index (χ2v) is 5.47. The van der Waals surface area contributed by atoms with Crippen LogP contribution in [-0.4, -0.2) is 51.1 Å². The molecule has 0 heterocycles. The molecule has 1 aromatic rings. The Labute approximate surface area is 126 Å². The Bertz CT molecular complexity index is 410. The van der Waals surface area contributed by atoms with Crippen LogP contribution in [0.25, 0.3) is 0 Å². The van der Waals surface area contributed by atoms with E-state index < -0.39 is 5.41 Å². The maximum Gasteiger partial charge on any atom is 0.246 e. The quantitative estimate of drug-likeness (QED) is 0.632. The molecule has 5 nitrogen and oxygen atoms in total. The Hall–Kier alpha value is -1.43. The minimum Gasteiger partial charge on any atom is -0.396 e. The van der Waals surface area contributed by atoms with E-state index >= 15 is 0 Å². The van der Waals surface area contributed by atoms with E-state index in [0.29, 0.717) is 19.8 Å². The molecule has 118 valence electrons. The Kier molecular flexibility index (Phi) is 7.97. The number of amides is 1. The summed E-state index contributed by atoms with van der Waals surface area (Å²) < 4.78 is 10.4. The first kappa shape index (κ1) is 17.6.